The van der Waals surface area contributed by atoms with Crippen molar-refractivity contribution in [3.8, 4) is 0 Å². The van der Waals surface area contributed by atoms with Crippen LogP contribution < -0.4 is 5.32 Å². The molecule has 0 saturated carbocycles. The van der Waals surface area contributed by atoms with Gasteiger partial charge in [0, 0.05) is 24.2 Å². The zero-order chi connectivity index (χ0) is 13.1. The highest BCUT2D eigenvalue weighted by atomic mass is 35.5. The number of thiophene rings is 1. The van der Waals surface area contributed by atoms with Gasteiger partial charge in [-0.3, -0.25) is 4.68 Å². The number of aryl methyl sites for hydroxylation is 1. The summed E-state index contributed by atoms with van der Waals surface area (Å²) in [5.74, 6) is 0.573. The lowest BCUT2D eigenvalue weighted by Crippen LogP contribution is -2.04. The summed E-state index contributed by atoms with van der Waals surface area (Å²) in [6.07, 6.45) is 2.01. The molecular weight excluding hydrogens is 285 g/mol. The van der Waals surface area contributed by atoms with Gasteiger partial charge in [0.05, 0.1) is 11.4 Å². The Morgan fingerprint density at radius 1 is 1.42 bits per heavy atom. The van der Waals surface area contributed by atoms with Crippen LogP contribution in [0.3, 0.4) is 0 Å². The maximum absolute atomic E-state index is 12.9. The van der Waals surface area contributed by atoms with Crippen LogP contribution in [0.4, 0.5) is 10.1 Å². The van der Waals surface area contributed by atoms with Crippen LogP contribution in [0.2, 0.25) is 0 Å². The number of halogens is 2. The molecule has 0 atom stereocenters. The minimum absolute atomic E-state index is 0. The Hall–Kier alpha value is -1.07. The van der Waals surface area contributed by atoms with Crippen LogP contribution in [0.5, 0.6) is 0 Å². The Bertz CT molecular complexity index is 522. The summed E-state index contributed by atoms with van der Waals surface area (Å²) in [5, 5.41) is 7.61. The van der Waals surface area contributed by atoms with Crippen LogP contribution in [-0.4, -0.2) is 9.78 Å². The minimum Gasteiger partial charge on any atom is -0.377 e. The number of hydrogen-bond acceptors (Lipinski definition) is 3. The molecule has 2 aromatic heterocycles. The molecule has 0 aromatic carbocycles. The third-order valence-electron chi connectivity index (χ3n) is 2.58. The van der Waals surface area contributed by atoms with Crippen molar-refractivity contribution in [2.45, 2.75) is 33.9 Å². The maximum atomic E-state index is 12.9. The van der Waals surface area contributed by atoms with E-state index < -0.39 is 0 Å². The Morgan fingerprint density at radius 2 is 2.16 bits per heavy atom. The average molecular weight is 304 g/mol. The normalized spacial score (nSPS) is 10.6. The number of nitrogens with one attached hydrogen (secondary N) is 1. The van der Waals surface area contributed by atoms with Crippen molar-refractivity contribution < 1.29 is 4.39 Å². The molecule has 0 bridgehead atoms. The minimum atomic E-state index is -0.140. The molecule has 19 heavy (non-hydrogen) atoms. The molecule has 0 aliphatic carbocycles. The lowest BCUT2D eigenvalue weighted by atomic mass is 10.2. The molecule has 3 nitrogen and oxygen atoms in total. The van der Waals surface area contributed by atoms with E-state index >= 15 is 0 Å². The molecule has 0 aliphatic heterocycles. The number of hydrogen-bond donors (Lipinski definition) is 1. The smallest absolute Gasteiger partial charge is 0.176 e. The topological polar surface area (TPSA) is 29.9 Å². The fraction of sp³-hybridized carbons (Fsp3) is 0.462. The van der Waals surface area contributed by atoms with Gasteiger partial charge in [-0.05, 0) is 25.0 Å². The van der Waals surface area contributed by atoms with E-state index in [1.54, 1.807) is 6.07 Å². The summed E-state index contributed by atoms with van der Waals surface area (Å²) in [6, 6.07) is 3.30. The SMILES string of the molecule is Cc1nn(CC(C)C)cc1NCc1ccc(F)s1.Cl. The van der Waals surface area contributed by atoms with E-state index in [1.807, 2.05) is 17.8 Å². The van der Waals surface area contributed by atoms with Gasteiger partial charge in [0.1, 0.15) is 0 Å². The first-order chi connectivity index (χ1) is 8.54. The van der Waals surface area contributed by atoms with Gasteiger partial charge in [-0.2, -0.15) is 9.49 Å². The van der Waals surface area contributed by atoms with E-state index in [0.29, 0.717) is 12.5 Å². The van der Waals surface area contributed by atoms with Crippen molar-refractivity contribution in [3.05, 3.63) is 34.0 Å². The molecule has 0 amide bonds. The van der Waals surface area contributed by atoms with Gasteiger partial charge in [-0.1, -0.05) is 13.8 Å². The first-order valence-corrected chi connectivity index (χ1v) is 6.88. The zero-order valence-corrected chi connectivity index (χ0v) is 12.9. The standard InChI is InChI=1S/C13H18FN3S.ClH/c1-9(2)7-17-8-12(10(3)16-17)15-6-11-4-5-13(14)18-11;/h4-5,8-9,15H,6-7H2,1-3H3;1H. The van der Waals surface area contributed by atoms with Crippen molar-refractivity contribution in [1.29, 1.82) is 0 Å². The van der Waals surface area contributed by atoms with Gasteiger partial charge in [0.2, 0.25) is 0 Å². The lowest BCUT2D eigenvalue weighted by molar-refractivity contribution is 0.481. The van der Waals surface area contributed by atoms with E-state index in [1.165, 1.54) is 17.4 Å². The van der Waals surface area contributed by atoms with Crippen LogP contribution in [0.25, 0.3) is 0 Å². The Kier molecular flexibility index (Phi) is 5.82. The summed E-state index contributed by atoms with van der Waals surface area (Å²) in [6.45, 7) is 7.87. The molecule has 1 N–H and O–H groups in total. The van der Waals surface area contributed by atoms with Gasteiger partial charge in [-0.25, -0.2) is 0 Å². The van der Waals surface area contributed by atoms with Crippen LogP contribution in [0, 0.1) is 18.0 Å². The van der Waals surface area contributed by atoms with Gasteiger partial charge in [0.15, 0.2) is 5.13 Å². The van der Waals surface area contributed by atoms with Crippen molar-refractivity contribution in [3.63, 3.8) is 0 Å². The van der Waals surface area contributed by atoms with Crippen molar-refractivity contribution in [2.24, 2.45) is 5.92 Å². The second-order valence-electron chi connectivity index (χ2n) is 4.80. The molecule has 2 aromatic rings. The molecule has 0 radical (unpaired) electrons. The number of nitrogens with zero attached hydrogens (tertiary/aromatic N) is 2. The molecule has 2 heterocycles. The fourth-order valence-electron chi connectivity index (χ4n) is 1.79. The van der Waals surface area contributed by atoms with E-state index in [-0.39, 0.29) is 17.5 Å². The van der Waals surface area contributed by atoms with E-state index in [4.69, 9.17) is 0 Å². The third-order valence-corrected chi connectivity index (χ3v) is 3.45. The fourth-order valence-corrected chi connectivity index (χ4v) is 2.46. The zero-order valence-electron chi connectivity index (χ0n) is 11.3. The molecule has 0 fully saturated rings. The van der Waals surface area contributed by atoms with Gasteiger partial charge in [0.25, 0.3) is 0 Å². The predicted octanol–water partition coefficient (Wildman–Crippen LogP) is 4.08. The predicted molar refractivity (Wildman–Crippen MR) is 80.7 cm³/mol. The molecule has 0 spiro atoms. The molecular formula is C13H19ClFN3S. The highest BCUT2D eigenvalue weighted by Crippen LogP contribution is 2.18. The number of anilines is 1. The first kappa shape index (κ1) is 16.0. The van der Waals surface area contributed by atoms with Crippen molar-refractivity contribution in [1.82, 2.24) is 9.78 Å². The van der Waals surface area contributed by atoms with Crippen LogP contribution in [0.1, 0.15) is 24.4 Å². The van der Waals surface area contributed by atoms with Gasteiger partial charge >= 0.3 is 0 Å². The quantitative estimate of drug-likeness (QED) is 0.902. The van der Waals surface area contributed by atoms with E-state index in [0.717, 1.165) is 22.8 Å². The maximum Gasteiger partial charge on any atom is 0.176 e. The monoisotopic (exact) mass is 303 g/mol. The lowest BCUT2D eigenvalue weighted by Gasteiger charge is -2.03. The Balaban J connectivity index is 0.00000180. The van der Waals surface area contributed by atoms with Crippen LogP contribution in [0.15, 0.2) is 18.3 Å². The highest BCUT2D eigenvalue weighted by molar-refractivity contribution is 7.10. The third kappa shape index (κ3) is 4.51. The molecule has 0 aliphatic rings. The Morgan fingerprint density at radius 3 is 2.74 bits per heavy atom. The first-order valence-electron chi connectivity index (χ1n) is 6.06. The molecule has 106 valence electrons. The summed E-state index contributed by atoms with van der Waals surface area (Å²) in [5.41, 5.74) is 2.00. The summed E-state index contributed by atoms with van der Waals surface area (Å²) in [4.78, 5) is 0.989. The Labute approximate surface area is 123 Å². The highest BCUT2D eigenvalue weighted by Gasteiger charge is 2.06. The molecule has 6 heteroatoms. The van der Waals surface area contributed by atoms with Gasteiger partial charge < -0.3 is 5.32 Å². The van der Waals surface area contributed by atoms with E-state index in [2.05, 4.69) is 24.3 Å². The number of aromatic nitrogens is 2. The molecule has 0 unspecified atom stereocenters. The summed E-state index contributed by atoms with van der Waals surface area (Å²) >= 11 is 1.17. The number of rotatable bonds is 5. The average Bonchev–Trinajstić information content (AvgIpc) is 2.82. The van der Waals surface area contributed by atoms with E-state index in [9.17, 15) is 4.39 Å². The van der Waals surface area contributed by atoms with Crippen molar-refractivity contribution in [2.75, 3.05) is 5.32 Å². The second-order valence-corrected chi connectivity index (χ2v) is 5.92. The van der Waals surface area contributed by atoms with Gasteiger partial charge in [-0.15, -0.1) is 23.7 Å². The summed E-state index contributed by atoms with van der Waals surface area (Å²) < 4.78 is 14.8. The summed E-state index contributed by atoms with van der Waals surface area (Å²) in [7, 11) is 0. The second kappa shape index (κ2) is 6.91. The van der Waals surface area contributed by atoms with Crippen molar-refractivity contribution >= 4 is 29.4 Å². The van der Waals surface area contributed by atoms with Crippen LogP contribution in [-0.2, 0) is 13.1 Å². The van der Waals surface area contributed by atoms with Crippen LogP contribution >= 0.6 is 23.7 Å². The largest absolute Gasteiger partial charge is 0.377 e. The molecule has 2 rings (SSSR count). The molecule has 0 saturated heterocycles.